The van der Waals surface area contributed by atoms with Gasteiger partial charge in [0.2, 0.25) is 5.91 Å². The number of nitrogens with one attached hydrogen (secondary N) is 1. The molecule has 1 N–H and O–H groups in total. The highest BCUT2D eigenvalue weighted by Crippen LogP contribution is 2.33. The molecule has 1 amide bonds. The van der Waals surface area contributed by atoms with Crippen LogP contribution in [0.4, 0.5) is 18.9 Å². The third-order valence-electron chi connectivity index (χ3n) is 2.76. The molecule has 0 aromatic heterocycles. The molecular formula is C15H12F3NO. The molecule has 0 saturated heterocycles. The molecule has 2 nitrogen and oxygen atoms in total. The van der Waals surface area contributed by atoms with Gasteiger partial charge in [0.15, 0.2) is 0 Å². The van der Waals surface area contributed by atoms with E-state index >= 15 is 0 Å². The van der Waals surface area contributed by atoms with Crippen molar-refractivity contribution in [3.8, 4) is 11.1 Å². The number of hydrogen-bond acceptors (Lipinski definition) is 1. The maximum atomic E-state index is 12.5. The highest BCUT2D eigenvalue weighted by Gasteiger charge is 2.30. The minimum atomic E-state index is -4.35. The normalized spacial score (nSPS) is 11.2. The molecule has 0 saturated carbocycles. The summed E-state index contributed by atoms with van der Waals surface area (Å²) in [6.45, 7) is 1.38. The van der Waals surface area contributed by atoms with E-state index in [9.17, 15) is 18.0 Å². The van der Waals surface area contributed by atoms with Crippen molar-refractivity contribution in [3.63, 3.8) is 0 Å². The average molecular weight is 279 g/mol. The lowest BCUT2D eigenvalue weighted by molar-refractivity contribution is -0.137. The maximum Gasteiger partial charge on any atom is 0.416 e. The van der Waals surface area contributed by atoms with Crippen LogP contribution < -0.4 is 5.32 Å². The smallest absolute Gasteiger partial charge is 0.326 e. The van der Waals surface area contributed by atoms with Gasteiger partial charge >= 0.3 is 6.18 Å². The van der Waals surface area contributed by atoms with Crippen LogP contribution in [-0.2, 0) is 11.0 Å². The Morgan fingerprint density at radius 2 is 1.60 bits per heavy atom. The molecule has 0 aliphatic rings. The summed E-state index contributed by atoms with van der Waals surface area (Å²) in [4.78, 5) is 11.1. The Balaban J connectivity index is 2.39. The number of alkyl halides is 3. The van der Waals surface area contributed by atoms with E-state index in [0.29, 0.717) is 16.8 Å². The van der Waals surface area contributed by atoms with Crippen molar-refractivity contribution in [2.75, 3.05) is 5.32 Å². The van der Waals surface area contributed by atoms with Crippen molar-refractivity contribution in [2.24, 2.45) is 0 Å². The number of amides is 1. The zero-order valence-electron chi connectivity index (χ0n) is 10.7. The van der Waals surface area contributed by atoms with Gasteiger partial charge in [-0.3, -0.25) is 4.79 Å². The van der Waals surface area contributed by atoms with Crippen LogP contribution in [0.5, 0.6) is 0 Å². The standard InChI is InChI=1S/C15H12F3NO/c1-10(20)19-14-5-3-2-4-13(14)11-6-8-12(9-7-11)15(16,17)18/h2-9H,1H3,(H,19,20). The van der Waals surface area contributed by atoms with Crippen LogP contribution in [0, 0.1) is 0 Å². The van der Waals surface area contributed by atoms with E-state index in [1.807, 2.05) is 0 Å². The first-order valence-electron chi connectivity index (χ1n) is 5.92. The second-order valence-corrected chi connectivity index (χ2v) is 4.30. The number of anilines is 1. The molecule has 0 radical (unpaired) electrons. The van der Waals surface area contributed by atoms with E-state index in [-0.39, 0.29) is 5.91 Å². The van der Waals surface area contributed by atoms with Gasteiger partial charge in [0, 0.05) is 18.2 Å². The highest BCUT2D eigenvalue weighted by molar-refractivity contribution is 5.94. The molecule has 0 atom stereocenters. The molecule has 0 fully saturated rings. The summed E-state index contributed by atoms with van der Waals surface area (Å²) in [7, 11) is 0. The van der Waals surface area contributed by atoms with E-state index in [1.54, 1.807) is 24.3 Å². The molecule has 0 unspecified atom stereocenters. The number of carbonyl (C=O) groups excluding carboxylic acids is 1. The fourth-order valence-electron chi connectivity index (χ4n) is 1.87. The Morgan fingerprint density at radius 1 is 1.00 bits per heavy atom. The molecule has 104 valence electrons. The Kier molecular flexibility index (Phi) is 3.79. The van der Waals surface area contributed by atoms with Gasteiger partial charge in [0.1, 0.15) is 0 Å². The fourth-order valence-corrected chi connectivity index (χ4v) is 1.87. The van der Waals surface area contributed by atoms with Crippen LogP contribution in [0.2, 0.25) is 0 Å². The lowest BCUT2D eigenvalue weighted by Gasteiger charge is -2.11. The Morgan fingerprint density at radius 3 is 2.15 bits per heavy atom. The zero-order chi connectivity index (χ0) is 14.8. The van der Waals surface area contributed by atoms with Crippen molar-refractivity contribution >= 4 is 11.6 Å². The van der Waals surface area contributed by atoms with Gasteiger partial charge in [-0.05, 0) is 23.8 Å². The molecule has 0 heterocycles. The van der Waals surface area contributed by atoms with Crippen LogP contribution in [0.25, 0.3) is 11.1 Å². The first kappa shape index (κ1) is 14.1. The largest absolute Gasteiger partial charge is 0.416 e. The lowest BCUT2D eigenvalue weighted by Crippen LogP contribution is -2.07. The second-order valence-electron chi connectivity index (χ2n) is 4.30. The molecule has 2 rings (SSSR count). The molecule has 0 bridgehead atoms. The van der Waals surface area contributed by atoms with E-state index in [2.05, 4.69) is 5.32 Å². The first-order chi connectivity index (χ1) is 9.38. The van der Waals surface area contributed by atoms with Crippen molar-refractivity contribution in [3.05, 3.63) is 54.1 Å². The molecule has 5 heteroatoms. The second kappa shape index (κ2) is 5.36. The molecule has 0 aliphatic heterocycles. The summed E-state index contributed by atoms with van der Waals surface area (Å²) in [5.41, 5.74) is 1.16. The van der Waals surface area contributed by atoms with Gasteiger partial charge in [-0.25, -0.2) is 0 Å². The molecule has 2 aromatic carbocycles. The number of halogens is 3. The van der Waals surface area contributed by atoms with Crippen LogP contribution in [0.15, 0.2) is 48.5 Å². The summed E-state index contributed by atoms with van der Waals surface area (Å²) in [6, 6.07) is 11.8. The molecule has 0 spiro atoms. The van der Waals surface area contributed by atoms with Crippen LogP contribution in [0.1, 0.15) is 12.5 Å². The highest BCUT2D eigenvalue weighted by atomic mass is 19.4. The van der Waals surface area contributed by atoms with E-state index < -0.39 is 11.7 Å². The minimum Gasteiger partial charge on any atom is -0.326 e. The first-order valence-corrected chi connectivity index (χ1v) is 5.92. The van der Waals surface area contributed by atoms with Crippen molar-refractivity contribution < 1.29 is 18.0 Å². The Bertz CT molecular complexity index is 618. The van der Waals surface area contributed by atoms with Gasteiger partial charge in [-0.1, -0.05) is 30.3 Å². The number of carbonyl (C=O) groups is 1. The zero-order valence-corrected chi connectivity index (χ0v) is 10.7. The summed E-state index contributed by atoms with van der Waals surface area (Å²) < 4.78 is 37.5. The minimum absolute atomic E-state index is 0.232. The topological polar surface area (TPSA) is 29.1 Å². The van der Waals surface area contributed by atoms with Gasteiger partial charge in [-0.2, -0.15) is 13.2 Å². The fraction of sp³-hybridized carbons (Fsp3) is 0.133. The van der Waals surface area contributed by atoms with Crippen molar-refractivity contribution in [1.29, 1.82) is 0 Å². The molecular weight excluding hydrogens is 267 g/mol. The van der Waals surface area contributed by atoms with Gasteiger partial charge < -0.3 is 5.32 Å². The number of hydrogen-bond donors (Lipinski definition) is 1. The Hall–Kier alpha value is -2.30. The molecule has 2 aromatic rings. The monoisotopic (exact) mass is 279 g/mol. The van der Waals surface area contributed by atoms with Crippen LogP contribution >= 0.6 is 0 Å². The van der Waals surface area contributed by atoms with E-state index in [0.717, 1.165) is 12.1 Å². The SMILES string of the molecule is CC(=O)Nc1ccccc1-c1ccc(C(F)(F)F)cc1. The maximum absolute atomic E-state index is 12.5. The Labute approximate surface area is 114 Å². The van der Waals surface area contributed by atoms with Gasteiger partial charge in [-0.15, -0.1) is 0 Å². The van der Waals surface area contributed by atoms with Crippen molar-refractivity contribution in [2.45, 2.75) is 13.1 Å². The van der Waals surface area contributed by atoms with E-state index in [1.165, 1.54) is 19.1 Å². The van der Waals surface area contributed by atoms with Gasteiger partial charge in [0.05, 0.1) is 5.56 Å². The average Bonchev–Trinajstić information content (AvgIpc) is 2.38. The quantitative estimate of drug-likeness (QED) is 0.871. The molecule has 20 heavy (non-hydrogen) atoms. The van der Waals surface area contributed by atoms with Crippen molar-refractivity contribution in [1.82, 2.24) is 0 Å². The van der Waals surface area contributed by atoms with Crippen LogP contribution in [0.3, 0.4) is 0 Å². The number of benzene rings is 2. The third kappa shape index (κ3) is 3.17. The van der Waals surface area contributed by atoms with E-state index in [4.69, 9.17) is 0 Å². The third-order valence-corrected chi connectivity index (χ3v) is 2.76. The summed E-state index contributed by atoms with van der Waals surface area (Å²) in [5, 5.41) is 2.66. The number of rotatable bonds is 2. The predicted molar refractivity (Wildman–Crippen MR) is 71.2 cm³/mol. The summed E-state index contributed by atoms with van der Waals surface area (Å²) >= 11 is 0. The predicted octanol–water partition coefficient (Wildman–Crippen LogP) is 4.33. The number of para-hydroxylation sites is 1. The lowest BCUT2D eigenvalue weighted by atomic mass is 10.0. The summed E-state index contributed by atoms with van der Waals surface area (Å²) in [6.07, 6.45) is -4.35. The van der Waals surface area contributed by atoms with Gasteiger partial charge in [0.25, 0.3) is 0 Å². The van der Waals surface area contributed by atoms with Crippen LogP contribution in [-0.4, -0.2) is 5.91 Å². The molecule has 0 aliphatic carbocycles. The summed E-state index contributed by atoms with van der Waals surface area (Å²) in [5.74, 6) is -0.232.